The summed E-state index contributed by atoms with van der Waals surface area (Å²) < 4.78 is 5.65. The first kappa shape index (κ1) is 12.5. The molecule has 0 saturated carbocycles. The summed E-state index contributed by atoms with van der Waals surface area (Å²) in [5.74, 6) is 1.81. The minimum absolute atomic E-state index is 0.472. The molecule has 0 aliphatic heterocycles. The van der Waals surface area contributed by atoms with Crippen LogP contribution < -0.4 is 10.5 Å². The standard InChI is InChI=1S/C14H19N3O/c1-4-18-13-6-5-10(9(2)3)7-11(13)12-8-14(15)17-16-12/h5-9H,4H2,1-3H3,(H3,15,16,17). The second-order valence-corrected chi connectivity index (χ2v) is 4.55. The lowest BCUT2D eigenvalue weighted by molar-refractivity contribution is 0.341. The van der Waals surface area contributed by atoms with E-state index in [9.17, 15) is 0 Å². The van der Waals surface area contributed by atoms with E-state index < -0.39 is 0 Å². The SMILES string of the molecule is CCOc1ccc(C(C)C)cc1-c1cc(N)n[nH]1. The van der Waals surface area contributed by atoms with Gasteiger partial charge in [-0.2, -0.15) is 5.10 Å². The zero-order valence-corrected chi connectivity index (χ0v) is 11.0. The summed E-state index contributed by atoms with van der Waals surface area (Å²) in [6, 6.07) is 8.05. The van der Waals surface area contributed by atoms with Crippen LogP contribution in [0.2, 0.25) is 0 Å². The summed E-state index contributed by atoms with van der Waals surface area (Å²) in [5, 5.41) is 6.90. The number of H-pyrrole nitrogens is 1. The van der Waals surface area contributed by atoms with Crippen LogP contribution in [0.15, 0.2) is 24.3 Å². The maximum absolute atomic E-state index is 5.65. The van der Waals surface area contributed by atoms with Gasteiger partial charge in [-0.05, 0) is 30.5 Å². The highest BCUT2D eigenvalue weighted by Gasteiger charge is 2.11. The molecule has 96 valence electrons. The molecule has 0 spiro atoms. The van der Waals surface area contributed by atoms with E-state index in [2.05, 4.69) is 36.2 Å². The molecule has 0 aliphatic carbocycles. The predicted molar refractivity (Wildman–Crippen MR) is 73.7 cm³/mol. The van der Waals surface area contributed by atoms with Crippen LogP contribution in [0, 0.1) is 0 Å². The van der Waals surface area contributed by atoms with Crippen molar-refractivity contribution in [2.24, 2.45) is 0 Å². The Morgan fingerprint density at radius 2 is 2.11 bits per heavy atom. The molecule has 3 N–H and O–H groups in total. The van der Waals surface area contributed by atoms with Crippen LogP contribution in [0.5, 0.6) is 5.75 Å². The fourth-order valence-electron chi connectivity index (χ4n) is 1.87. The number of rotatable bonds is 4. The van der Waals surface area contributed by atoms with E-state index in [0.29, 0.717) is 18.3 Å². The molecule has 0 bridgehead atoms. The zero-order valence-electron chi connectivity index (χ0n) is 11.0. The molecule has 1 heterocycles. The number of nitrogens with one attached hydrogen (secondary N) is 1. The van der Waals surface area contributed by atoms with E-state index >= 15 is 0 Å². The molecule has 0 unspecified atom stereocenters. The quantitative estimate of drug-likeness (QED) is 0.869. The van der Waals surface area contributed by atoms with E-state index in [1.807, 2.05) is 19.1 Å². The predicted octanol–water partition coefficient (Wildman–Crippen LogP) is 3.18. The van der Waals surface area contributed by atoms with E-state index in [-0.39, 0.29) is 0 Å². The number of aromatic amines is 1. The average molecular weight is 245 g/mol. The molecule has 0 aliphatic rings. The maximum Gasteiger partial charge on any atom is 0.145 e. The molecule has 0 fully saturated rings. The first-order chi connectivity index (χ1) is 8.61. The summed E-state index contributed by atoms with van der Waals surface area (Å²) in [6.07, 6.45) is 0. The molecule has 1 aromatic heterocycles. The van der Waals surface area contributed by atoms with Gasteiger partial charge in [0.05, 0.1) is 12.3 Å². The number of ether oxygens (including phenoxy) is 1. The first-order valence-corrected chi connectivity index (χ1v) is 6.19. The molecule has 0 saturated heterocycles. The molecule has 2 aromatic rings. The van der Waals surface area contributed by atoms with Gasteiger partial charge in [-0.15, -0.1) is 0 Å². The lowest BCUT2D eigenvalue weighted by Crippen LogP contribution is -1.96. The van der Waals surface area contributed by atoms with E-state index in [0.717, 1.165) is 17.0 Å². The lowest BCUT2D eigenvalue weighted by atomic mass is 9.99. The molecule has 1 aromatic carbocycles. The van der Waals surface area contributed by atoms with Crippen molar-refractivity contribution in [3.63, 3.8) is 0 Å². The first-order valence-electron chi connectivity index (χ1n) is 6.19. The smallest absolute Gasteiger partial charge is 0.145 e. The van der Waals surface area contributed by atoms with Crippen molar-refractivity contribution in [1.82, 2.24) is 10.2 Å². The zero-order chi connectivity index (χ0) is 13.1. The van der Waals surface area contributed by atoms with Crippen molar-refractivity contribution in [1.29, 1.82) is 0 Å². The third-order valence-corrected chi connectivity index (χ3v) is 2.86. The second-order valence-electron chi connectivity index (χ2n) is 4.55. The summed E-state index contributed by atoms with van der Waals surface area (Å²) in [4.78, 5) is 0. The Balaban J connectivity index is 2.49. The molecule has 4 heteroatoms. The summed E-state index contributed by atoms with van der Waals surface area (Å²) in [7, 11) is 0. The van der Waals surface area contributed by atoms with Gasteiger partial charge < -0.3 is 10.5 Å². The number of benzene rings is 1. The summed E-state index contributed by atoms with van der Waals surface area (Å²) >= 11 is 0. The number of nitrogens with zero attached hydrogens (tertiary/aromatic N) is 1. The Hall–Kier alpha value is -1.97. The monoisotopic (exact) mass is 245 g/mol. The number of hydrogen-bond acceptors (Lipinski definition) is 3. The van der Waals surface area contributed by atoms with Crippen molar-refractivity contribution in [2.75, 3.05) is 12.3 Å². The van der Waals surface area contributed by atoms with Gasteiger partial charge in [-0.3, -0.25) is 5.10 Å². The normalized spacial score (nSPS) is 10.9. The third-order valence-electron chi connectivity index (χ3n) is 2.86. The van der Waals surface area contributed by atoms with E-state index in [4.69, 9.17) is 10.5 Å². The van der Waals surface area contributed by atoms with Gasteiger partial charge in [0.2, 0.25) is 0 Å². The molecule has 0 radical (unpaired) electrons. The van der Waals surface area contributed by atoms with Crippen molar-refractivity contribution in [2.45, 2.75) is 26.7 Å². The minimum Gasteiger partial charge on any atom is -0.493 e. The molecule has 0 amide bonds. The Morgan fingerprint density at radius 1 is 1.33 bits per heavy atom. The Kier molecular flexibility index (Phi) is 3.55. The molecule has 2 rings (SSSR count). The van der Waals surface area contributed by atoms with Crippen molar-refractivity contribution < 1.29 is 4.74 Å². The van der Waals surface area contributed by atoms with Crippen molar-refractivity contribution in [3.8, 4) is 17.0 Å². The number of nitrogen functional groups attached to an aromatic ring is 1. The topological polar surface area (TPSA) is 63.9 Å². The maximum atomic E-state index is 5.65. The van der Waals surface area contributed by atoms with Crippen LogP contribution in [0.25, 0.3) is 11.3 Å². The lowest BCUT2D eigenvalue weighted by Gasteiger charge is -2.12. The van der Waals surface area contributed by atoms with Crippen LogP contribution in [0.1, 0.15) is 32.3 Å². The highest BCUT2D eigenvalue weighted by molar-refractivity contribution is 5.70. The van der Waals surface area contributed by atoms with E-state index in [1.54, 1.807) is 0 Å². The van der Waals surface area contributed by atoms with Gasteiger partial charge in [0.25, 0.3) is 0 Å². The molecule has 0 atom stereocenters. The Labute approximate surface area is 107 Å². The van der Waals surface area contributed by atoms with Crippen LogP contribution >= 0.6 is 0 Å². The number of hydrogen-bond donors (Lipinski definition) is 2. The summed E-state index contributed by atoms with van der Waals surface area (Å²) in [5.41, 5.74) is 8.81. The summed E-state index contributed by atoms with van der Waals surface area (Å²) in [6.45, 7) is 6.95. The molecular formula is C14H19N3O. The van der Waals surface area contributed by atoms with Crippen LogP contribution in [0.3, 0.4) is 0 Å². The third kappa shape index (κ3) is 2.47. The molecular weight excluding hydrogens is 226 g/mol. The van der Waals surface area contributed by atoms with Gasteiger partial charge in [-0.1, -0.05) is 19.9 Å². The highest BCUT2D eigenvalue weighted by atomic mass is 16.5. The van der Waals surface area contributed by atoms with Crippen LogP contribution in [-0.2, 0) is 0 Å². The fraction of sp³-hybridized carbons (Fsp3) is 0.357. The van der Waals surface area contributed by atoms with Crippen LogP contribution in [0.4, 0.5) is 5.82 Å². The Bertz CT molecular complexity index is 532. The molecule has 4 nitrogen and oxygen atoms in total. The van der Waals surface area contributed by atoms with Gasteiger partial charge >= 0.3 is 0 Å². The minimum atomic E-state index is 0.472. The van der Waals surface area contributed by atoms with Gasteiger partial charge in [0, 0.05) is 11.6 Å². The number of nitrogens with two attached hydrogens (primary N) is 1. The number of aromatic nitrogens is 2. The van der Waals surface area contributed by atoms with Gasteiger partial charge in [0.1, 0.15) is 11.6 Å². The van der Waals surface area contributed by atoms with Crippen molar-refractivity contribution in [3.05, 3.63) is 29.8 Å². The Morgan fingerprint density at radius 3 is 2.67 bits per heavy atom. The average Bonchev–Trinajstić information content (AvgIpc) is 2.76. The number of anilines is 1. The highest BCUT2D eigenvalue weighted by Crippen LogP contribution is 2.32. The molecule has 18 heavy (non-hydrogen) atoms. The van der Waals surface area contributed by atoms with Crippen molar-refractivity contribution >= 4 is 5.82 Å². The van der Waals surface area contributed by atoms with Crippen LogP contribution in [-0.4, -0.2) is 16.8 Å². The second kappa shape index (κ2) is 5.12. The van der Waals surface area contributed by atoms with E-state index in [1.165, 1.54) is 5.56 Å². The van der Waals surface area contributed by atoms with Gasteiger partial charge in [-0.25, -0.2) is 0 Å². The largest absolute Gasteiger partial charge is 0.493 e. The van der Waals surface area contributed by atoms with Gasteiger partial charge in [0.15, 0.2) is 0 Å². The fourth-order valence-corrected chi connectivity index (χ4v) is 1.87.